The summed E-state index contributed by atoms with van der Waals surface area (Å²) in [5, 5.41) is 7.70. The lowest BCUT2D eigenvalue weighted by Crippen LogP contribution is -1.94. The van der Waals surface area contributed by atoms with Gasteiger partial charge < -0.3 is 13.7 Å². The highest BCUT2D eigenvalue weighted by atomic mass is 15.0. The first-order chi connectivity index (χ1) is 19.8. The van der Waals surface area contributed by atoms with Crippen LogP contribution in [0.4, 0.5) is 0 Å². The minimum Gasteiger partial charge on any atom is -0.343 e. The van der Waals surface area contributed by atoms with Crippen LogP contribution in [0.3, 0.4) is 0 Å². The monoisotopic (exact) mass is 511 g/mol. The van der Waals surface area contributed by atoms with E-state index in [4.69, 9.17) is 0 Å². The van der Waals surface area contributed by atoms with Gasteiger partial charge in [0.15, 0.2) is 0 Å². The maximum Gasteiger partial charge on any atom is 0.0590 e. The smallest absolute Gasteiger partial charge is 0.0590 e. The molecule has 0 bridgehead atoms. The first-order valence-corrected chi connectivity index (χ1v) is 13.8. The third-order valence-corrected chi connectivity index (χ3v) is 8.63. The van der Waals surface area contributed by atoms with Crippen molar-refractivity contribution in [3.63, 3.8) is 0 Å². The molecule has 0 radical (unpaired) electrons. The van der Waals surface area contributed by atoms with Crippen molar-refractivity contribution >= 4 is 65.4 Å². The largest absolute Gasteiger partial charge is 0.343 e. The molecule has 6 aromatic carbocycles. The lowest BCUT2D eigenvalue weighted by molar-refractivity contribution is 1.02. The molecule has 3 heterocycles. The quantitative estimate of drug-likeness (QED) is 0.219. The van der Waals surface area contributed by atoms with Crippen LogP contribution in [0.2, 0.25) is 0 Å². The average molecular weight is 512 g/mol. The van der Waals surface area contributed by atoms with Gasteiger partial charge in [-0.2, -0.15) is 0 Å². The number of aryl methyl sites for hydroxylation is 1. The Kier molecular flexibility index (Phi) is 4.26. The van der Waals surface area contributed by atoms with Crippen molar-refractivity contribution in [1.29, 1.82) is 0 Å². The third-order valence-electron chi connectivity index (χ3n) is 8.63. The van der Waals surface area contributed by atoms with Crippen molar-refractivity contribution in [2.45, 2.75) is 0 Å². The van der Waals surface area contributed by atoms with Gasteiger partial charge in [0.25, 0.3) is 0 Å². The summed E-state index contributed by atoms with van der Waals surface area (Å²) in [5.74, 6) is 0. The van der Waals surface area contributed by atoms with Crippen LogP contribution < -0.4 is 0 Å². The number of benzene rings is 6. The van der Waals surface area contributed by atoms with Crippen LogP contribution in [0.25, 0.3) is 76.8 Å². The van der Waals surface area contributed by atoms with Gasteiger partial charge in [0.05, 0.1) is 27.6 Å². The van der Waals surface area contributed by atoms with Crippen LogP contribution in [0.15, 0.2) is 133 Å². The fourth-order valence-electron chi connectivity index (χ4n) is 6.96. The molecule has 40 heavy (non-hydrogen) atoms. The highest BCUT2D eigenvalue weighted by Crippen LogP contribution is 2.41. The Labute approximate surface area is 230 Å². The van der Waals surface area contributed by atoms with E-state index < -0.39 is 0 Å². The normalized spacial score (nSPS) is 12.1. The minimum absolute atomic E-state index is 1.18. The Balaban J connectivity index is 1.40. The van der Waals surface area contributed by atoms with Crippen LogP contribution >= 0.6 is 0 Å². The summed E-state index contributed by atoms with van der Waals surface area (Å²) in [6.45, 7) is 0. The van der Waals surface area contributed by atoms with Crippen LogP contribution in [-0.2, 0) is 7.05 Å². The zero-order valence-corrected chi connectivity index (χ0v) is 22.0. The molecule has 0 atom stereocenters. The number of aromatic nitrogens is 3. The molecule has 0 saturated heterocycles. The maximum absolute atomic E-state index is 2.41. The Morgan fingerprint density at radius 3 is 1.62 bits per heavy atom. The van der Waals surface area contributed by atoms with Crippen molar-refractivity contribution in [3.8, 4) is 11.4 Å². The second-order valence-electron chi connectivity index (χ2n) is 10.7. The van der Waals surface area contributed by atoms with Gasteiger partial charge in [-0.25, -0.2) is 0 Å². The molecule has 3 nitrogen and oxygen atoms in total. The number of nitrogens with zero attached hydrogens (tertiary/aromatic N) is 3. The van der Waals surface area contributed by atoms with Gasteiger partial charge in [-0.1, -0.05) is 78.9 Å². The number of para-hydroxylation sites is 4. The second kappa shape index (κ2) is 7.87. The molecule has 3 heteroatoms. The number of fused-ring (bicyclic) bond motifs is 10. The molecule has 3 aromatic heterocycles. The summed E-state index contributed by atoms with van der Waals surface area (Å²) in [5.41, 5.74) is 9.81. The molecule has 0 unspecified atom stereocenters. The van der Waals surface area contributed by atoms with Gasteiger partial charge in [0.2, 0.25) is 0 Å². The summed E-state index contributed by atoms with van der Waals surface area (Å²) in [7, 11) is 2.21. The zero-order valence-electron chi connectivity index (χ0n) is 22.0. The summed E-state index contributed by atoms with van der Waals surface area (Å²) >= 11 is 0. The molecule has 0 fully saturated rings. The number of hydrogen-bond acceptors (Lipinski definition) is 0. The standard InChI is InChI=1S/C37H25N3/c1-38-31-21-19-25(40-32-16-8-5-13-26(32)27-14-6-9-17-33(27)40)23-30(31)28-20-22-35-36(37(28)38)29-15-7-10-18-34(29)39(35)24-11-3-2-4-12-24/h2-23H,1H3. The molecule has 188 valence electrons. The molecule has 9 rings (SSSR count). The van der Waals surface area contributed by atoms with Gasteiger partial charge >= 0.3 is 0 Å². The van der Waals surface area contributed by atoms with Gasteiger partial charge in [-0.3, -0.25) is 0 Å². The molecular formula is C37H25N3. The fraction of sp³-hybridized carbons (Fsp3) is 0.0270. The van der Waals surface area contributed by atoms with Gasteiger partial charge in [0.1, 0.15) is 0 Å². The molecule has 9 aromatic rings. The maximum atomic E-state index is 2.41. The predicted octanol–water partition coefficient (Wildman–Crippen LogP) is 9.53. The van der Waals surface area contributed by atoms with E-state index in [2.05, 4.69) is 154 Å². The van der Waals surface area contributed by atoms with Gasteiger partial charge in [0, 0.05) is 56.3 Å². The van der Waals surface area contributed by atoms with Gasteiger partial charge in [-0.05, 0) is 54.6 Å². The average Bonchev–Trinajstić information content (AvgIpc) is 3.63. The molecule has 0 aliphatic rings. The van der Waals surface area contributed by atoms with E-state index in [9.17, 15) is 0 Å². The third kappa shape index (κ3) is 2.73. The Morgan fingerprint density at radius 1 is 0.375 bits per heavy atom. The predicted molar refractivity (Wildman–Crippen MR) is 169 cm³/mol. The van der Waals surface area contributed by atoms with Crippen molar-refractivity contribution in [1.82, 2.24) is 13.7 Å². The van der Waals surface area contributed by atoms with E-state index >= 15 is 0 Å². The van der Waals surface area contributed by atoms with E-state index in [-0.39, 0.29) is 0 Å². The van der Waals surface area contributed by atoms with Crippen molar-refractivity contribution in [2.24, 2.45) is 7.05 Å². The summed E-state index contributed by atoms with van der Waals surface area (Å²) in [6.07, 6.45) is 0. The summed E-state index contributed by atoms with van der Waals surface area (Å²) in [4.78, 5) is 0. The second-order valence-corrected chi connectivity index (χ2v) is 10.7. The zero-order chi connectivity index (χ0) is 26.4. The fourth-order valence-corrected chi connectivity index (χ4v) is 6.96. The van der Waals surface area contributed by atoms with Crippen LogP contribution in [0, 0.1) is 0 Å². The van der Waals surface area contributed by atoms with E-state index in [1.54, 1.807) is 0 Å². The molecule has 0 amide bonds. The topological polar surface area (TPSA) is 14.8 Å². The van der Waals surface area contributed by atoms with Crippen LogP contribution in [0.5, 0.6) is 0 Å². The number of rotatable bonds is 2. The summed E-state index contributed by atoms with van der Waals surface area (Å²) < 4.78 is 7.18. The van der Waals surface area contributed by atoms with E-state index in [1.807, 2.05) is 0 Å². The van der Waals surface area contributed by atoms with E-state index in [0.29, 0.717) is 0 Å². The minimum atomic E-state index is 1.18. The van der Waals surface area contributed by atoms with Gasteiger partial charge in [-0.15, -0.1) is 0 Å². The SMILES string of the molecule is Cn1c2ccc(-n3c4ccccc4c4ccccc43)cc2c2ccc3c(c4ccccc4n3-c3ccccc3)c21. The molecular weight excluding hydrogens is 486 g/mol. The van der Waals surface area contributed by atoms with Crippen molar-refractivity contribution < 1.29 is 0 Å². The summed E-state index contributed by atoms with van der Waals surface area (Å²) in [6, 6.07) is 48.4. The van der Waals surface area contributed by atoms with Crippen molar-refractivity contribution in [3.05, 3.63) is 133 Å². The highest BCUT2D eigenvalue weighted by molar-refractivity contribution is 6.25. The molecule has 0 aliphatic heterocycles. The molecule has 0 saturated carbocycles. The Hall–Kier alpha value is -5.28. The lowest BCUT2D eigenvalue weighted by atomic mass is 10.1. The Bertz CT molecular complexity index is 2380. The van der Waals surface area contributed by atoms with E-state index in [0.717, 1.165) is 0 Å². The van der Waals surface area contributed by atoms with Crippen LogP contribution in [-0.4, -0.2) is 13.7 Å². The van der Waals surface area contributed by atoms with Crippen molar-refractivity contribution in [2.75, 3.05) is 0 Å². The molecule has 0 N–H and O–H groups in total. The lowest BCUT2D eigenvalue weighted by Gasteiger charge is -2.08. The van der Waals surface area contributed by atoms with Crippen LogP contribution in [0.1, 0.15) is 0 Å². The van der Waals surface area contributed by atoms with E-state index in [1.165, 1.54) is 76.8 Å². The Morgan fingerprint density at radius 2 is 0.925 bits per heavy atom. The highest BCUT2D eigenvalue weighted by Gasteiger charge is 2.19. The molecule has 0 aliphatic carbocycles. The first-order valence-electron chi connectivity index (χ1n) is 13.8. The number of hydrogen-bond donors (Lipinski definition) is 0. The first kappa shape index (κ1) is 21.6. The molecule has 0 spiro atoms.